The van der Waals surface area contributed by atoms with Crippen molar-refractivity contribution in [3.63, 3.8) is 0 Å². The van der Waals surface area contributed by atoms with Gasteiger partial charge in [-0.1, -0.05) is 24.3 Å². The fourth-order valence-corrected chi connectivity index (χ4v) is 1.55. The molecule has 2 rings (SSSR count). The predicted molar refractivity (Wildman–Crippen MR) is 65.3 cm³/mol. The van der Waals surface area contributed by atoms with Gasteiger partial charge >= 0.3 is 0 Å². The van der Waals surface area contributed by atoms with Crippen LogP contribution in [0.15, 0.2) is 36.7 Å². The van der Waals surface area contributed by atoms with Crippen LogP contribution in [-0.2, 0) is 6.54 Å². The van der Waals surface area contributed by atoms with Gasteiger partial charge in [0.05, 0.1) is 0 Å². The first-order chi connectivity index (χ1) is 7.75. The Morgan fingerprint density at radius 3 is 2.69 bits per heavy atom. The van der Waals surface area contributed by atoms with Gasteiger partial charge in [0.1, 0.15) is 12.1 Å². The van der Waals surface area contributed by atoms with Gasteiger partial charge in [0.25, 0.3) is 0 Å². The Bertz CT molecular complexity index is 480. The smallest absolute Gasteiger partial charge is 0.129 e. The second-order valence-electron chi connectivity index (χ2n) is 3.82. The van der Waals surface area contributed by atoms with Gasteiger partial charge < -0.3 is 5.32 Å². The number of aromatic nitrogens is 2. The van der Waals surface area contributed by atoms with Crippen molar-refractivity contribution in [2.45, 2.75) is 20.4 Å². The van der Waals surface area contributed by atoms with Crippen LogP contribution in [0.3, 0.4) is 0 Å². The van der Waals surface area contributed by atoms with E-state index in [0.29, 0.717) is 0 Å². The minimum Gasteiger partial charge on any atom is -0.366 e. The average Bonchev–Trinajstić information content (AvgIpc) is 2.28. The first-order valence-corrected chi connectivity index (χ1v) is 5.33. The second kappa shape index (κ2) is 4.75. The highest BCUT2D eigenvalue weighted by molar-refractivity contribution is 5.37. The molecule has 2 aromatic rings. The average molecular weight is 213 g/mol. The molecule has 82 valence electrons. The van der Waals surface area contributed by atoms with Gasteiger partial charge in [0, 0.05) is 18.3 Å². The Kier molecular flexibility index (Phi) is 3.15. The number of hydrogen-bond donors (Lipinski definition) is 1. The third-order valence-electron chi connectivity index (χ3n) is 2.53. The van der Waals surface area contributed by atoms with E-state index in [-0.39, 0.29) is 0 Å². The predicted octanol–water partition coefficient (Wildman–Crippen LogP) is 2.71. The summed E-state index contributed by atoms with van der Waals surface area (Å²) < 4.78 is 0. The Labute approximate surface area is 95.6 Å². The molecule has 0 radical (unpaired) electrons. The van der Waals surface area contributed by atoms with Crippen LogP contribution in [-0.4, -0.2) is 9.97 Å². The van der Waals surface area contributed by atoms with Crippen LogP contribution >= 0.6 is 0 Å². The third kappa shape index (κ3) is 2.57. The number of benzene rings is 1. The zero-order valence-electron chi connectivity index (χ0n) is 9.57. The summed E-state index contributed by atoms with van der Waals surface area (Å²) in [6.45, 7) is 4.87. The molecule has 1 aromatic carbocycles. The van der Waals surface area contributed by atoms with Crippen molar-refractivity contribution in [2.24, 2.45) is 0 Å². The molecule has 0 fully saturated rings. The molecule has 0 unspecified atom stereocenters. The van der Waals surface area contributed by atoms with E-state index in [0.717, 1.165) is 18.1 Å². The topological polar surface area (TPSA) is 37.8 Å². The van der Waals surface area contributed by atoms with Gasteiger partial charge in [-0.05, 0) is 25.0 Å². The maximum atomic E-state index is 4.16. The van der Waals surface area contributed by atoms with Crippen molar-refractivity contribution < 1.29 is 0 Å². The number of rotatable bonds is 3. The lowest BCUT2D eigenvalue weighted by atomic mass is 10.1. The van der Waals surface area contributed by atoms with E-state index in [1.165, 1.54) is 11.1 Å². The summed E-state index contributed by atoms with van der Waals surface area (Å²) in [5, 5.41) is 3.29. The molecular weight excluding hydrogens is 198 g/mol. The summed E-state index contributed by atoms with van der Waals surface area (Å²) in [5.74, 6) is 0.871. The van der Waals surface area contributed by atoms with Crippen molar-refractivity contribution in [2.75, 3.05) is 5.32 Å². The van der Waals surface area contributed by atoms with Gasteiger partial charge in [-0.3, -0.25) is 0 Å². The molecule has 0 aliphatic rings. The van der Waals surface area contributed by atoms with Crippen LogP contribution in [0.2, 0.25) is 0 Å². The van der Waals surface area contributed by atoms with E-state index >= 15 is 0 Å². The number of nitrogens with zero attached hydrogens (tertiary/aromatic N) is 2. The quantitative estimate of drug-likeness (QED) is 0.851. The summed E-state index contributed by atoms with van der Waals surface area (Å²) in [6.07, 6.45) is 1.58. The zero-order valence-corrected chi connectivity index (χ0v) is 9.57. The Morgan fingerprint density at radius 2 is 1.94 bits per heavy atom. The van der Waals surface area contributed by atoms with E-state index in [2.05, 4.69) is 40.4 Å². The van der Waals surface area contributed by atoms with Crippen molar-refractivity contribution >= 4 is 5.82 Å². The fraction of sp³-hybridized carbons (Fsp3) is 0.231. The highest BCUT2D eigenvalue weighted by Gasteiger charge is 1.98. The molecule has 3 heteroatoms. The van der Waals surface area contributed by atoms with Gasteiger partial charge in [0.2, 0.25) is 0 Å². The van der Waals surface area contributed by atoms with E-state index < -0.39 is 0 Å². The van der Waals surface area contributed by atoms with Crippen LogP contribution in [0.1, 0.15) is 16.8 Å². The number of aryl methyl sites for hydroxylation is 2. The highest BCUT2D eigenvalue weighted by Crippen LogP contribution is 2.10. The molecule has 0 amide bonds. The monoisotopic (exact) mass is 213 g/mol. The molecule has 0 aliphatic heterocycles. The van der Waals surface area contributed by atoms with Gasteiger partial charge in [0.15, 0.2) is 0 Å². The molecule has 16 heavy (non-hydrogen) atoms. The molecule has 0 saturated carbocycles. The number of nitrogens with one attached hydrogen (secondary N) is 1. The summed E-state index contributed by atoms with van der Waals surface area (Å²) in [6, 6.07) is 10.3. The van der Waals surface area contributed by atoms with Crippen LogP contribution in [0, 0.1) is 13.8 Å². The Morgan fingerprint density at radius 1 is 1.12 bits per heavy atom. The lowest BCUT2D eigenvalue weighted by molar-refractivity contribution is 1.05. The lowest BCUT2D eigenvalue weighted by Gasteiger charge is -2.08. The molecule has 0 saturated heterocycles. The summed E-state index contributed by atoms with van der Waals surface area (Å²) in [5.41, 5.74) is 3.56. The van der Waals surface area contributed by atoms with Crippen molar-refractivity contribution in [3.8, 4) is 0 Å². The molecule has 1 N–H and O–H groups in total. The maximum Gasteiger partial charge on any atom is 0.129 e. The van der Waals surface area contributed by atoms with E-state index in [4.69, 9.17) is 0 Å². The van der Waals surface area contributed by atoms with Crippen LogP contribution in [0.25, 0.3) is 0 Å². The molecule has 1 heterocycles. The molecule has 0 aliphatic carbocycles. The Balaban J connectivity index is 2.05. The standard InChI is InChI=1S/C13H15N3/c1-10-5-3-4-6-12(10)8-14-13-7-11(2)15-9-16-13/h3-7,9H,8H2,1-2H3,(H,14,15,16). The van der Waals surface area contributed by atoms with Gasteiger partial charge in [-0.2, -0.15) is 0 Å². The number of anilines is 1. The van der Waals surface area contributed by atoms with Crippen molar-refractivity contribution in [1.29, 1.82) is 0 Å². The Hall–Kier alpha value is -1.90. The minimum absolute atomic E-state index is 0.795. The van der Waals surface area contributed by atoms with Gasteiger partial charge in [-0.25, -0.2) is 9.97 Å². The third-order valence-corrected chi connectivity index (χ3v) is 2.53. The normalized spacial score (nSPS) is 10.1. The first kappa shape index (κ1) is 10.6. The minimum atomic E-state index is 0.795. The highest BCUT2D eigenvalue weighted by atomic mass is 15.0. The van der Waals surface area contributed by atoms with E-state index in [9.17, 15) is 0 Å². The van der Waals surface area contributed by atoms with Crippen LogP contribution in [0.5, 0.6) is 0 Å². The fourth-order valence-electron chi connectivity index (χ4n) is 1.55. The van der Waals surface area contributed by atoms with Crippen LogP contribution < -0.4 is 5.32 Å². The van der Waals surface area contributed by atoms with Crippen molar-refractivity contribution in [3.05, 3.63) is 53.5 Å². The molecule has 3 nitrogen and oxygen atoms in total. The number of hydrogen-bond acceptors (Lipinski definition) is 3. The summed E-state index contributed by atoms with van der Waals surface area (Å²) in [4.78, 5) is 8.22. The molecule has 0 atom stereocenters. The SMILES string of the molecule is Cc1cc(NCc2ccccc2C)ncn1. The first-order valence-electron chi connectivity index (χ1n) is 5.33. The molecule has 0 spiro atoms. The zero-order chi connectivity index (χ0) is 11.4. The maximum absolute atomic E-state index is 4.16. The second-order valence-corrected chi connectivity index (χ2v) is 3.82. The van der Waals surface area contributed by atoms with Crippen LogP contribution in [0.4, 0.5) is 5.82 Å². The van der Waals surface area contributed by atoms with Crippen molar-refractivity contribution in [1.82, 2.24) is 9.97 Å². The molecule has 0 bridgehead atoms. The van der Waals surface area contributed by atoms with E-state index in [1.54, 1.807) is 6.33 Å². The van der Waals surface area contributed by atoms with Gasteiger partial charge in [-0.15, -0.1) is 0 Å². The summed E-state index contributed by atoms with van der Waals surface area (Å²) >= 11 is 0. The summed E-state index contributed by atoms with van der Waals surface area (Å²) in [7, 11) is 0. The molecule has 1 aromatic heterocycles. The van der Waals surface area contributed by atoms with E-state index in [1.807, 2.05) is 19.1 Å². The largest absolute Gasteiger partial charge is 0.366 e. The molecular formula is C13H15N3. The lowest BCUT2D eigenvalue weighted by Crippen LogP contribution is -2.03.